The van der Waals surface area contributed by atoms with Crippen LogP contribution < -0.4 is 16.8 Å². The van der Waals surface area contributed by atoms with Gasteiger partial charge in [0.1, 0.15) is 19.1 Å². The number of nitrogens with two attached hydrogens (primary N) is 2. The number of aliphatic imine (C=N–C) groups is 1. The molecular weight excluding hydrogens is 505 g/mol. The Bertz CT molecular complexity index is 1380. The van der Waals surface area contributed by atoms with Crippen LogP contribution in [0.1, 0.15) is 25.0 Å². The number of sulfone groups is 1. The number of allylic oxidation sites excluding steroid dienone is 1. The molecule has 0 bridgehead atoms. The molecule has 0 aromatic heterocycles. The van der Waals surface area contributed by atoms with Crippen molar-refractivity contribution in [3.8, 4) is 0 Å². The van der Waals surface area contributed by atoms with Gasteiger partial charge in [0.05, 0.1) is 10.1 Å². The first-order valence-electron chi connectivity index (χ1n) is 10.5. The van der Waals surface area contributed by atoms with Crippen LogP contribution in [0.15, 0.2) is 58.0 Å². The van der Waals surface area contributed by atoms with Crippen LogP contribution in [0.25, 0.3) is 5.57 Å². The Kier molecular flexibility index (Phi) is 6.87. The Labute approximate surface area is 201 Å². The van der Waals surface area contributed by atoms with E-state index in [9.17, 15) is 26.2 Å². The van der Waals surface area contributed by atoms with Crippen LogP contribution in [0, 0.1) is 5.82 Å². The standard InChI is InChI=1S/C23H26F4N3O3PS/c1-13(2)35(32,33)18-8-6-5-7-16(18)22(23(25,26)27)12-30-21(29)19(20(22)28)15-10-9-14(11-17(15)24)34(3,4)31/h5-13,21H,28-29H2,1-4H3. The number of halogens is 4. The molecular formula is C23H26F4N3O3PS. The van der Waals surface area contributed by atoms with Gasteiger partial charge in [-0.15, -0.1) is 0 Å². The molecule has 6 nitrogen and oxygen atoms in total. The molecule has 1 aliphatic rings. The van der Waals surface area contributed by atoms with Crippen molar-refractivity contribution < 1.29 is 30.5 Å². The third-order valence-corrected chi connectivity index (χ3v) is 9.72. The molecule has 0 saturated carbocycles. The molecule has 3 rings (SSSR count). The largest absolute Gasteiger partial charge is 0.408 e. The molecule has 1 heterocycles. The van der Waals surface area contributed by atoms with E-state index in [1.165, 1.54) is 45.4 Å². The number of hydrogen-bond donors (Lipinski definition) is 2. The van der Waals surface area contributed by atoms with Gasteiger partial charge in [0.25, 0.3) is 0 Å². The lowest BCUT2D eigenvalue weighted by Crippen LogP contribution is -2.52. The zero-order valence-electron chi connectivity index (χ0n) is 19.5. The van der Waals surface area contributed by atoms with Crippen LogP contribution in [0.2, 0.25) is 0 Å². The van der Waals surface area contributed by atoms with E-state index in [1.807, 2.05) is 0 Å². The first-order valence-corrected chi connectivity index (χ1v) is 14.7. The molecule has 2 unspecified atom stereocenters. The molecule has 0 saturated heterocycles. The zero-order valence-corrected chi connectivity index (χ0v) is 21.2. The van der Waals surface area contributed by atoms with E-state index in [0.717, 1.165) is 24.3 Å². The third-order valence-electron chi connectivity index (χ3n) is 5.99. The maximum atomic E-state index is 15.1. The molecule has 4 N–H and O–H groups in total. The highest BCUT2D eigenvalue weighted by atomic mass is 32.2. The fraction of sp³-hybridized carbons (Fsp3) is 0.348. The summed E-state index contributed by atoms with van der Waals surface area (Å²) in [6.07, 6.45) is -6.12. The van der Waals surface area contributed by atoms with Crippen LogP contribution in [-0.2, 0) is 19.8 Å². The van der Waals surface area contributed by atoms with Crippen LogP contribution in [0.3, 0.4) is 0 Å². The van der Waals surface area contributed by atoms with Gasteiger partial charge in [-0.1, -0.05) is 30.3 Å². The van der Waals surface area contributed by atoms with E-state index >= 15 is 4.39 Å². The molecule has 0 radical (unpaired) electrons. The number of alkyl halides is 3. The molecule has 0 spiro atoms. The second-order valence-electron chi connectivity index (χ2n) is 8.96. The van der Waals surface area contributed by atoms with E-state index in [4.69, 9.17) is 11.5 Å². The average Bonchev–Trinajstić information content (AvgIpc) is 2.73. The van der Waals surface area contributed by atoms with E-state index in [1.54, 1.807) is 0 Å². The van der Waals surface area contributed by atoms with Crippen molar-refractivity contribution >= 4 is 34.1 Å². The number of nitrogens with zero attached hydrogens (tertiary/aromatic N) is 1. The van der Waals surface area contributed by atoms with Gasteiger partial charge < -0.3 is 16.0 Å². The van der Waals surface area contributed by atoms with Crippen molar-refractivity contribution in [2.45, 2.75) is 41.7 Å². The van der Waals surface area contributed by atoms with Gasteiger partial charge in [-0.3, -0.25) is 4.99 Å². The maximum Gasteiger partial charge on any atom is 0.408 e. The first kappa shape index (κ1) is 27.1. The van der Waals surface area contributed by atoms with E-state index < -0.39 is 67.5 Å². The van der Waals surface area contributed by atoms with Crippen LogP contribution >= 0.6 is 7.14 Å². The molecule has 0 fully saturated rings. The van der Waals surface area contributed by atoms with Gasteiger partial charge in [0.15, 0.2) is 15.3 Å². The van der Waals surface area contributed by atoms with Gasteiger partial charge >= 0.3 is 6.18 Å². The van der Waals surface area contributed by atoms with E-state index in [-0.39, 0.29) is 10.9 Å². The maximum absolute atomic E-state index is 15.1. The lowest BCUT2D eigenvalue weighted by Gasteiger charge is -2.39. The number of rotatable bonds is 5. The summed E-state index contributed by atoms with van der Waals surface area (Å²) in [5.74, 6) is -0.976. The van der Waals surface area contributed by atoms with Crippen LogP contribution in [0.5, 0.6) is 0 Å². The summed E-state index contributed by atoms with van der Waals surface area (Å²) in [5.41, 5.74) is 6.60. The summed E-state index contributed by atoms with van der Waals surface area (Å²) in [6.45, 7) is 5.54. The van der Waals surface area contributed by atoms with Crippen molar-refractivity contribution in [1.82, 2.24) is 0 Å². The van der Waals surface area contributed by atoms with Crippen molar-refractivity contribution in [3.05, 3.63) is 65.1 Å². The SMILES string of the molecule is CC(C)S(=O)(=O)c1ccccc1C1(C(F)(F)F)C=NC(N)C(c2ccc(P(C)(C)=O)cc2F)=C1N. The highest BCUT2D eigenvalue weighted by molar-refractivity contribution is 7.92. The molecule has 0 aliphatic carbocycles. The molecule has 190 valence electrons. The summed E-state index contributed by atoms with van der Waals surface area (Å²) in [4.78, 5) is 3.23. The van der Waals surface area contributed by atoms with Crippen molar-refractivity contribution in [1.29, 1.82) is 0 Å². The van der Waals surface area contributed by atoms with Crippen molar-refractivity contribution in [3.63, 3.8) is 0 Å². The second kappa shape index (κ2) is 8.87. The monoisotopic (exact) mass is 531 g/mol. The first-order chi connectivity index (χ1) is 16.0. The smallest absolute Gasteiger partial charge is 0.400 e. The van der Waals surface area contributed by atoms with Gasteiger partial charge in [-0.05, 0) is 44.9 Å². The summed E-state index contributed by atoms with van der Waals surface area (Å²) in [6, 6.07) is 8.10. The lowest BCUT2D eigenvalue weighted by molar-refractivity contribution is -0.159. The number of dihydropyridines is 1. The fourth-order valence-electron chi connectivity index (χ4n) is 3.96. The highest BCUT2D eigenvalue weighted by Gasteiger charge is 2.61. The fourth-order valence-corrected chi connectivity index (χ4v) is 6.13. The molecule has 0 amide bonds. The molecule has 2 aromatic rings. The van der Waals surface area contributed by atoms with Crippen LogP contribution in [0.4, 0.5) is 17.6 Å². The highest BCUT2D eigenvalue weighted by Crippen LogP contribution is 2.50. The van der Waals surface area contributed by atoms with Crippen molar-refractivity contribution in [2.75, 3.05) is 13.3 Å². The molecule has 2 aromatic carbocycles. The lowest BCUT2D eigenvalue weighted by atomic mass is 9.73. The summed E-state index contributed by atoms with van der Waals surface area (Å²) in [5, 5.41) is -0.841. The van der Waals surface area contributed by atoms with Gasteiger partial charge in [-0.2, -0.15) is 13.2 Å². The van der Waals surface area contributed by atoms with E-state index in [0.29, 0.717) is 6.21 Å². The number of benzene rings is 2. The van der Waals surface area contributed by atoms with Gasteiger partial charge in [0.2, 0.25) is 0 Å². The Morgan fingerprint density at radius 1 is 1.11 bits per heavy atom. The van der Waals surface area contributed by atoms with Crippen molar-refractivity contribution in [2.24, 2.45) is 16.5 Å². The van der Waals surface area contributed by atoms with Gasteiger partial charge in [0, 0.05) is 28.4 Å². The third kappa shape index (κ3) is 4.45. The predicted molar refractivity (Wildman–Crippen MR) is 130 cm³/mol. The molecule has 12 heteroatoms. The van der Waals surface area contributed by atoms with Gasteiger partial charge in [-0.25, -0.2) is 12.8 Å². The summed E-state index contributed by atoms with van der Waals surface area (Å²) in [7, 11) is -7.05. The summed E-state index contributed by atoms with van der Waals surface area (Å²) >= 11 is 0. The normalized spacial score (nSPS) is 21.6. The molecule has 35 heavy (non-hydrogen) atoms. The van der Waals surface area contributed by atoms with Crippen LogP contribution in [-0.4, -0.2) is 45.6 Å². The average molecular weight is 532 g/mol. The quantitative estimate of drug-likeness (QED) is 0.450. The minimum atomic E-state index is -5.16. The second-order valence-corrected chi connectivity index (χ2v) is 14.7. The zero-order chi connectivity index (χ0) is 26.6. The Morgan fingerprint density at radius 3 is 2.23 bits per heavy atom. The number of hydrogen-bond acceptors (Lipinski definition) is 6. The predicted octanol–water partition coefficient (Wildman–Crippen LogP) is 3.80. The van der Waals surface area contributed by atoms with E-state index in [2.05, 4.69) is 4.99 Å². The topological polar surface area (TPSA) is 116 Å². The molecule has 1 aliphatic heterocycles. The minimum absolute atomic E-state index is 0.182. The minimum Gasteiger partial charge on any atom is -0.400 e. The Balaban J connectivity index is 2.42. The molecule has 2 atom stereocenters. The summed E-state index contributed by atoms with van der Waals surface area (Å²) < 4.78 is 98.1. The Morgan fingerprint density at radius 2 is 1.71 bits per heavy atom. The Hall–Kier alpha value is -2.49.